The third-order valence-corrected chi connectivity index (χ3v) is 4.98. The molecule has 0 aliphatic carbocycles. The van der Waals surface area contributed by atoms with Gasteiger partial charge in [0.1, 0.15) is 0 Å². The summed E-state index contributed by atoms with van der Waals surface area (Å²) in [6, 6.07) is 9.61. The largest absolute Gasteiger partial charge is 0.355 e. The summed E-state index contributed by atoms with van der Waals surface area (Å²) < 4.78 is 0. The van der Waals surface area contributed by atoms with Crippen molar-refractivity contribution < 1.29 is 0 Å². The first-order valence-electron chi connectivity index (χ1n) is 7.14. The number of anilines is 1. The number of hydrogen-bond acceptors (Lipinski definition) is 4. The van der Waals surface area contributed by atoms with Gasteiger partial charge in [-0.25, -0.2) is 4.98 Å². The van der Waals surface area contributed by atoms with E-state index in [1.807, 2.05) is 31.2 Å². The Bertz CT molecular complexity index is 818. The van der Waals surface area contributed by atoms with E-state index in [0.29, 0.717) is 10.0 Å². The number of nitrogens with one attached hydrogen (secondary N) is 1. The third-order valence-electron chi connectivity index (χ3n) is 3.53. The smallest absolute Gasteiger partial charge is 0.183 e. The SMILES string of the molecule is Cc1sc(NC(C)c2ccncc2)nc1-c1ccc(Cl)cc1Cl. The summed E-state index contributed by atoms with van der Waals surface area (Å²) in [4.78, 5) is 9.85. The quantitative estimate of drug-likeness (QED) is 0.618. The van der Waals surface area contributed by atoms with Crippen LogP contribution in [0.4, 0.5) is 5.13 Å². The summed E-state index contributed by atoms with van der Waals surface area (Å²) in [7, 11) is 0. The minimum Gasteiger partial charge on any atom is -0.355 e. The maximum Gasteiger partial charge on any atom is 0.183 e. The molecule has 1 atom stereocenters. The van der Waals surface area contributed by atoms with E-state index in [2.05, 4.69) is 17.2 Å². The Balaban J connectivity index is 1.86. The van der Waals surface area contributed by atoms with Crippen LogP contribution in [0.3, 0.4) is 0 Å². The summed E-state index contributed by atoms with van der Waals surface area (Å²) in [5, 5.41) is 5.53. The van der Waals surface area contributed by atoms with Gasteiger partial charge in [-0.05, 0) is 49.7 Å². The minimum absolute atomic E-state index is 0.150. The van der Waals surface area contributed by atoms with Gasteiger partial charge in [-0.1, -0.05) is 23.2 Å². The summed E-state index contributed by atoms with van der Waals surface area (Å²) in [6.07, 6.45) is 3.58. The standard InChI is InChI=1S/C17H15Cl2N3S/c1-10(12-5-7-20-8-6-12)21-17-22-16(11(2)23-17)14-4-3-13(18)9-15(14)19/h3-10H,1-2H3,(H,21,22). The number of benzene rings is 1. The normalized spacial score (nSPS) is 12.2. The van der Waals surface area contributed by atoms with Crippen molar-refractivity contribution in [3.63, 3.8) is 0 Å². The molecule has 0 saturated carbocycles. The lowest BCUT2D eigenvalue weighted by atomic mass is 10.1. The molecule has 0 amide bonds. The number of nitrogens with zero attached hydrogens (tertiary/aromatic N) is 2. The fourth-order valence-electron chi connectivity index (χ4n) is 2.31. The van der Waals surface area contributed by atoms with Gasteiger partial charge < -0.3 is 5.32 Å². The predicted molar refractivity (Wildman–Crippen MR) is 98.6 cm³/mol. The molecule has 0 radical (unpaired) electrons. The monoisotopic (exact) mass is 363 g/mol. The summed E-state index contributed by atoms with van der Waals surface area (Å²) >= 11 is 13.9. The molecular weight excluding hydrogens is 349 g/mol. The Morgan fingerprint density at radius 3 is 2.57 bits per heavy atom. The van der Waals surface area contributed by atoms with Gasteiger partial charge in [0, 0.05) is 27.9 Å². The number of pyridine rings is 1. The maximum atomic E-state index is 6.30. The average Bonchev–Trinajstić information content (AvgIpc) is 2.88. The second-order valence-corrected chi connectivity index (χ2v) is 7.24. The van der Waals surface area contributed by atoms with E-state index in [9.17, 15) is 0 Å². The topological polar surface area (TPSA) is 37.8 Å². The van der Waals surface area contributed by atoms with Gasteiger partial charge in [0.15, 0.2) is 5.13 Å². The van der Waals surface area contributed by atoms with E-state index in [1.54, 1.807) is 29.8 Å². The van der Waals surface area contributed by atoms with Crippen molar-refractivity contribution in [1.82, 2.24) is 9.97 Å². The molecule has 6 heteroatoms. The van der Waals surface area contributed by atoms with Crippen LogP contribution >= 0.6 is 34.5 Å². The van der Waals surface area contributed by atoms with Crippen molar-refractivity contribution in [1.29, 1.82) is 0 Å². The first-order valence-corrected chi connectivity index (χ1v) is 8.71. The number of rotatable bonds is 4. The Kier molecular flexibility index (Phi) is 4.85. The third kappa shape index (κ3) is 3.66. The first kappa shape index (κ1) is 16.2. The van der Waals surface area contributed by atoms with E-state index in [0.717, 1.165) is 21.3 Å². The van der Waals surface area contributed by atoms with Crippen LogP contribution in [0, 0.1) is 6.92 Å². The maximum absolute atomic E-state index is 6.30. The Morgan fingerprint density at radius 1 is 1.13 bits per heavy atom. The van der Waals surface area contributed by atoms with Crippen molar-refractivity contribution >= 4 is 39.7 Å². The molecule has 0 bridgehead atoms. The Labute approximate surface area is 149 Å². The zero-order valence-electron chi connectivity index (χ0n) is 12.7. The highest BCUT2D eigenvalue weighted by molar-refractivity contribution is 7.16. The lowest BCUT2D eigenvalue weighted by Crippen LogP contribution is -2.06. The average molecular weight is 364 g/mol. The fourth-order valence-corrected chi connectivity index (χ4v) is 3.72. The van der Waals surface area contributed by atoms with Crippen LogP contribution in [0.2, 0.25) is 10.0 Å². The van der Waals surface area contributed by atoms with E-state index < -0.39 is 0 Å². The van der Waals surface area contributed by atoms with Crippen LogP contribution < -0.4 is 5.32 Å². The second-order valence-electron chi connectivity index (χ2n) is 5.19. The molecule has 3 aromatic rings. The van der Waals surface area contributed by atoms with E-state index in [1.165, 1.54) is 5.56 Å². The lowest BCUT2D eigenvalue weighted by molar-refractivity contribution is 0.878. The Morgan fingerprint density at radius 2 is 1.87 bits per heavy atom. The van der Waals surface area contributed by atoms with Crippen LogP contribution in [-0.4, -0.2) is 9.97 Å². The van der Waals surface area contributed by atoms with E-state index in [-0.39, 0.29) is 6.04 Å². The summed E-state index contributed by atoms with van der Waals surface area (Å²) in [5.74, 6) is 0. The van der Waals surface area contributed by atoms with Crippen LogP contribution in [0.1, 0.15) is 23.4 Å². The molecule has 0 spiro atoms. The molecule has 1 aromatic carbocycles. The van der Waals surface area contributed by atoms with E-state index >= 15 is 0 Å². The molecule has 2 heterocycles. The highest BCUT2D eigenvalue weighted by atomic mass is 35.5. The van der Waals surface area contributed by atoms with Crippen molar-refractivity contribution in [3.05, 3.63) is 63.2 Å². The van der Waals surface area contributed by atoms with Crippen LogP contribution in [-0.2, 0) is 0 Å². The summed E-state index contributed by atoms with van der Waals surface area (Å²) in [5.41, 5.74) is 2.95. The van der Waals surface area contributed by atoms with Crippen molar-refractivity contribution in [3.8, 4) is 11.3 Å². The number of halogens is 2. The van der Waals surface area contributed by atoms with Gasteiger partial charge in [0.25, 0.3) is 0 Å². The second kappa shape index (κ2) is 6.87. The highest BCUT2D eigenvalue weighted by Crippen LogP contribution is 2.36. The van der Waals surface area contributed by atoms with Gasteiger partial charge in [-0.2, -0.15) is 0 Å². The molecule has 1 N–H and O–H groups in total. The van der Waals surface area contributed by atoms with E-state index in [4.69, 9.17) is 28.2 Å². The van der Waals surface area contributed by atoms with Gasteiger partial charge in [0.05, 0.1) is 16.8 Å². The molecule has 2 aromatic heterocycles. The fraction of sp³-hybridized carbons (Fsp3) is 0.176. The van der Waals surface area contributed by atoms with Gasteiger partial charge in [-0.15, -0.1) is 11.3 Å². The molecule has 0 fully saturated rings. The molecule has 1 unspecified atom stereocenters. The van der Waals surface area contributed by atoms with Crippen LogP contribution in [0.15, 0.2) is 42.7 Å². The molecule has 3 nitrogen and oxygen atoms in total. The van der Waals surface area contributed by atoms with Crippen molar-refractivity contribution in [2.24, 2.45) is 0 Å². The number of hydrogen-bond donors (Lipinski definition) is 1. The zero-order valence-corrected chi connectivity index (χ0v) is 15.0. The molecule has 0 saturated heterocycles. The molecule has 3 rings (SSSR count). The van der Waals surface area contributed by atoms with Crippen LogP contribution in [0.25, 0.3) is 11.3 Å². The van der Waals surface area contributed by atoms with Crippen molar-refractivity contribution in [2.75, 3.05) is 5.32 Å². The predicted octanol–water partition coefficient (Wildman–Crippen LogP) is 5.99. The molecule has 23 heavy (non-hydrogen) atoms. The summed E-state index contributed by atoms with van der Waals surface area (Å²) in [6.45, 7) is 4.14. The number of aryl methyl sites for hydroxylation is 1. The molecule has 0 aliphatic rings. The minimum atomic E-state index is 0.150. The lowest BCUT2D eigenvalue weighted by Gasteiger charge is -2.12. The van der Waals surface area contributed by atoms with Gasteiger partial charge >= 0.3 is 0 Å². The van der Waals surface area contributed by atoms with Gasteiger partial charge in [-0.3, -0.25) is 4.98 Å². The molecular formula is C17H15Cl2N3S. The molecule has 118 valence electrons. The number of aromatic nitrogens is 2. The molecule has 0 aliphatic heterocycles. The Hall–Kier alpha value is -1.62. The van der Waals surface area contributed by atoms with Gasteiger partial charge in [0.2, 0.25) is 0 Å². The van der Waals surface area contributed by atoms with Crippen LogP contribution in [0.5, 0.6) is 0 Å². The van der Waals surface area contributed by atoms with Crippen molar-refractivity contribution in [2.45, 2.75) is 19.9 Å². The first-order chi connectivity index (χ1) is 11.0. The number of thiazole rings is 1. The highest BCUT2D eigenvalue weighted by Gasteiger charge is 2.15. The zero-order chi connectivity index (χ0) is 16.4.